The van der Waals surface area contributed by atoms with Crippen LogP contribution in [0.4, 0.5) is 0 Å². The average molecular weight is 373 g/mol. The van der Waals surface area contributed by atoms with Crippen molar-refractivity contribution in [3.05, 3.63) is 32.6 Å². The molecule has 0 spiro atoms. The Morgan fingerprint density at radius 3 is 2.60 bits per heavy atom. The molecule has 9 heteroatoms. The highest BCUT2D eigenvalue weighted by Gasteiger charge is 2.45. The van der Waals surface area contributed by atoms with Gasteiger partial charge in [0.25, 0.3) is 5.56 Å². The standard InChI is InChI=1S/C16H27N2O6P/c1-9-7-18(15(20)17-14(9)19)12-6-11(16(3,4)5)13(24-12)10(2)8-25(21,22)23/h7,10-13H,6,8H2,1-5H3,(H,17,19,20)(H2,21,22,23)/p-1/t10-,11?,12-,13-/m1/s1. The summed E-state index contributed by atoms with van der Waals surface area (Å²) >= 11 is 0. The number of ether oxygens (including phenoxy) is 1. The van der Waals surface area contributed by atoms with Gasteiger partial charge in [0.15, 0.2) is 0 Å². The molecule has 8 nitrogen and oxygen atoms in total. The molecule has 1 aromatic heterocycles. The van der Waals surface area contributed by atoms with Crippen LogP contribution in [0.3, 0.4) is 0 Å². The monoisotopic (exact) mass is 373 g/mol. The van der Waals surface area contributed by atoms with Crippen LogP contribution in [0.1, 0.15) is 45.9 Å². The molecule has 1 aliphatic rings. The van der Waals surface area contributed by atoms with Crippen molar-refractivity contribution in [3.63, 3.8) is 0 Å². The van der Waals surface area contributed by atoms with E-state index in [0.717, 1.165) is 0 Å². The first-order valence-corrected chi connectivity index (χ1v) is 10.1. The summed E-state index contributed by atoms with van der Waals surface area (Å²) in [5.41, 5.74) is -0.787. The van der Waals surface area contributed by atoms with E-state index in [2.05, 4.69) is 4.98 Å². The molecule has 2 heterocycles. The number of rotatable bonds is 4. The van der Waals surface area contributed by atoms with E-state index in [0.29, 0.717) is 12.0 Å². The second-order valence-electron chi connectivity index (χ2n) is 8.04. The lowest BCUT2D eigenvalue weighted by Crippen LogP contribution is -2.35. The van der Waals surface area contributed by atoms with Crippen molar-refractivity contribution in [1.82, 2.24) is 9.55 Å². The Bertz CT molecular complexity index is 787. The van der Waals surface area contributed by atoms with Crippen LogP contribution in [-0.4, -0.2) is 26.7 Å². The van der Waals surface area contributed by atoms with E-state index in [9.17, 15) is 23.9 Å². The third-order valence-electron chi connectivity index (χ3n) is 4.81. The summed E-state index contributed by atoms with van der Waals surface area (Å²) in [7, 11) is -4.41. The Labute approximate surface area is 146 Å². The van der Waals surface area contributed by atoms with Crippen LogP contribution in [0, 0.1) is 24.2 Å². The number of hydrogen-bond donors (Lipinski definition) is 2. The van der Waals surface area contributed by atoms with E-state index in [-0.39, 0.29) is 17.5 Å². The van der Waals surface area contributed by atoms with Crippen LogP contribution in [0.2, 0.25) is 0 Å². The largest absolute Gasteiger partial charge is 0.779 e. The first-order valence-electron chi connectivity index (χ1n) is 8.30. The van der Waals surface area contributed by atoms with Crippen molar-refractivity contribution in [2.45, 2.75) is 53.4 Å². The lowest BCUT2D eigenvalue weighted by atomic mass is 9.74. The fourth-order valence-electron chi connectivity index (χ4n) is 3.51. The molecule has 2 N–H and O–H groups in total. The van der Waals surface area contributed by atoms with Gasteiger partial charge in [-0.2, -0.15) is 0 Å². The predicted molar refractivity (Wildman–Crippen MR) is 91.4 cm³/mol. The van der Waals surface area contributed by atoms with Crippen LogP contribution in [0.15, 0.2) is 15.8 Å². The van der Waals surface area contributed by atoms with E-state index in [1.807, 2.05) is 20.8 Å². The summed E-state index contributed by atoms with van der Waals surface area (Å²) < 4.78 is 18.7. The van der Waals surface area contributed by atoms with Crippen molar-refractivity contribution in [1.29, 1.82) is 0 Å². The van der Waals surface area contributed by atoms with E-state index in [1.54, 1.807) is 13.8 Å². The van der Waals surface area contributed by atoms with Gasteiger partial charge in [-0.1, -0.05) is 27.7 Å². The Hall–Kier alpha value is -1.21. The molecule has 0 aliphatic carbocycles. The van der Waals surface area contributed by atoms with Crippen LogP contribution < -0.4 is 16.1 Å². The van der Waals surface area contributed by atoms with Crippen LogP contribution >= 0.6 is 7.60 Å². The van der Waals surface area contributed by atoms with E-state index in [4.69, 9.17) is 4.74 Å². The van der Waals surface area contributed by atoms with Gasteiger partial charge < -0.3 is 19.1 Å². The number of aryl methyl sites for hydroxylation is 1. The lowest BCUT2D eigenvalue weighted by molar-refractivity contribution is -0.194. The normalized spacial score (nSPS) is 27.9. The smallest absolute Gasteiger partial charge is 0.330 e. The average Bonchev–Trinajstić information content (AvgIpc) is 2.86. The van der Waals surface area contributed by atoms with E-state index < -0.39 is 37.1 Å². The third-order valence-corrected chi connectivity index (χ3v) is 5.85. The highest BCUT2D eigenvalue weighted by Crippen LogP contribution is 2.47. The first-order chi connectivity index (χ1) is 11.3. The van der Waals surface area contributed by atoms with Crippen LogP contribution in [0.25, 0.3) is 0 Å². The summed E-state index contributed by atoms with van der Waals surface area (Å²) in [5.74, 6) is -0.444. The topological polar surface area (TPSA) is 124 Å². The van der Waals surface area contributed by atoms with Crippen LogP contribution in [0.5, 0.6) is 0 Å². The molecule has 5 atom stereocenters. The Kier molecular flexibility index (Phi) is 5.50. The zero-order valence-corrected chi connectivity index (χ0v) is 16.1. The minimum Gasteiger partial charge on any atom is -0.779 e. The van der Waals surface area contributed by atoms with Gasteiger partial charge in [-0.05, 0) is 30.6 Å². The highest BCUT2D eigenvalue weighted by molar-refractivity contribution is 7.50. The zero-order chi connectivity index (χ0) is 19.2. The summed E-state index contributed by atoms with van der Waals surface area (Å²) in [6.45, 7) is 9.40. The first kappa shape index (κ1) is 20.1. The number of nitrogens with zero attached hydrogens (tertiary/aromatic N) is 1. The molecule has 1 saturated heterocycles. The molecule has 25 heavy (non-hydrogen) atoms. The molecule has 0 aromatic carbocycles. The molecule has 0 bridgehead atoms. The maximum absolute atomic E-state index is 12.1. The fraction of sp³-hybridized carbons (Fsp3) is 0.750. The van der Waals surface area contributed by atoms with Gasteiger partial charge >= 0.3 is 5.69 Å². The number of nitrogens with one attached hydrogen (secondary N) is 1. The Balaban J connectivity index is 2.36. The second-order valence-corrected chi connectivity index (χ2v) is 9.68. The van der Waals surface area contributed by atoms with Gasteiger partial charge in [-0.3, -0.25) is 14.3 Å². The third kappa shape index (κ3) is 4.70. The zero-order valence-electron chi connectivity index (χ0n) is 15.2. The maximum atomic E-state index is 12.1. The van der Waals surface area contributed by atoms with Gasteiger partial charge in [0.05, 0.1) is 6.10 Å². The fourth-order valence-corrected chi connectivity index (χ4v) is 4.44. The Morgan fingerprint density at radius 1 is 1.48 bits per heavy atom. The SMILES string of the molecule is Cc1cn([C@H]2CC(C(C)(C)C)[C@@H]([C@H](C)CP(=O)([O-])O)O2)c(=O)[nH]c1=O. The molecule has 2 rings (SSSR count). The van der Waals surface area contributed by atoms with E-state index in [1.165, 1.54) is 10.8 Å². The van der Waals surface area contributed by atoms with E-state index >= 15 is 0 Å². The van der Waals surface area contributed by atoms with Gasteiger partial charge in [0.2, 0.25) is 0 Å². The predicted octanol–water partition coefficient (Wildman–Crippen LogP) is 0.977. The van der Waals surface area contributed by atoms with Crippen molar-refractivity contribution in [3.8, 4) is 0 Å². The second kappa shape index (κ2) is 6.83. The Morgan fingerprint density at radius 2 is 2.08 bits per heavy atom. The van der Waals surface area contributed by atoms with Crippen molar-refractivity contribution >= 4 is 7.60 Å². The number of hydrogen-bond acceptors (Lipinski definition) is 5. The molecule has 0 saturated carbocycles. The molecule has 0 radical (unpaired) electrons. The maximum Gasteiger partial charge on any atom is 0.330 e. The summed E-state index contributed by atoms with van der Waals surface area (Å²) in [5, 5.41) is 0. The molecule has 1 fully saturated rings. The summed E-state index contributed by atoms with van der Waals surface area (Å²) in [6.07, 6.45) is 0.570. The van der Waals surface area contributed by atoms with Gasteiger partial charge in [-0.25, -0.2) is 4.79 Å². The van der Waals surface area contributed by atoms with Crippen molar-refractivity contribution in [2.75, 3.05) is 6.16 Å². The van der Waals surface area contributed by atoms with Gasteiger partial charge in [0, 0.05) is 17.9 Å². The summed E-state index contributed by atoms with van der Waals surface area (Å²) in [4.78, 5) is 46.4. The molecule has 2 unspecified atom stereocenters. The van der Waals surface area contributed by atoms with Gasteiger partial charge in [0.1, 0.15) is 13.8 Å². The van der Waals surface area contributed by atoms with Crippen molar-refractivity contribution in [2.24, 2.45) is 17.3 Å². The van der Waals surface area contributed by atoms with Crippen LogP contribution in [-0.2, 0) is 9.30 Å². The minimum atomic E-state index is -4.41. The molecule has 1 aliphatic heterocycles. The molecule has 0 amide bonds. The molecule has 1 aromatic rings. The number of H-pyrrole nitrogens is 1. The summed E-state index contributed by atoms with van der Waals surface area (Å²) in [6, 6.07) is 0. The molecular formula is C16H26N2O6P-. The van der Waals surface area contributed by atoms with Gasteiger partial charge in [-0.15, -0.1) is 0 Å². The van der Waals surface area contributed by atoms with Crippen molar-refractivity contribution < 1.29 is 19.1 Å². The quantitative estimate of drug-likeness (QED) is 0.758. The lowest BCUT2D eigenvalue weighted by Gasteiger charge is -2.35. The molecular weight excluding hydrogens is 347 g/mol. The highest BCUT2D eigenvalue weighted by atomic mass is 31.2. The number of aromatic amines is 1. The molecule has 142 valence electrons. The number of aromatic nitrogens is 2. The minimum absolute atomic E-state index is 0.0156.